The van der Waals surface area contributed by atoms with Crippen LogP contribution >= 0.6 is 11.6 Å². The maximum absolute atomic E-state index is 6.03. The quantitative estimate of drug-likeness (QED) is 0.792. The van der Waals surface area contributed by atoms with E-state index in [9.17, 15) is 0 Å². The Morgan fingerprint density at radius 2 is 2.00 bits per heavy atom. The second-order valence-corrected chi connectivity index (χ2v) is 4.87. The van der Waals surface area contributed by atoms with Gasteiger partial charge in [-0.15, -0.1) is 0 Å². The summed E-state index contributed by atoms with van der Waals surface area (Å²) in [5, 5.41) is 0.471. The molecular formula is C15H18ClN3O. The van der Waals surface area contributed by atoms with E-state index in [1.54, 1.807) is 13.2 Å². The lowest BCUT2D eigenvalue weighted by atomic mass is 10.2. The fraction of sp³-hybridized carbons (Fsp3) is 0.333. The van der Waals surface area contributed by atoms with Crippen LogP contribution in [0.15, 0.2) is 30.3 Å². The largest absolute Gasteiger partial charge is 0.496 e. The molecule has 0 aliphatic rings. The van der Waals surface area contributed by atoms with E-state index in [-0.39, 0.29) is 0 Å². The maximum Gasteiger partial charge on any atom is 0.134 e. The minimum absolute atomic E-state index is 0.471. The molecule has 0 bridgehead atoms. The molecule has 0 aliphatic carbocycles. The Kier molecular flexibility index (Phi) is 4.79. The summed E-state index contributed by atoms with van der Waals surface area (Å²) >= 11 is 6.03. The van der Waals surface area contributed by atoms with Crippen molar-refractivity contribution in [1.29, 1.82) is 0 Å². The topological polar surface area (TPSA) is 38.2 Å². The van der Waals surface area contributed by atoms with Gasteiger partial charge in [0.05, 0.1) is 7.11 Å². The van der Waals surface area contributed by atoms with Crippen molar-refractivity contribution < 1.29 is 4.74 Å². The fourth-order valence-electron chi connectivity index (χ4n) is 1.98. The van der Waals surface area contributed by atoms with Crippen molar-refractivity contribution in [3.63, 3.8) is 0 Å². The molecule has 0 amide bonds. The summed E-state index contributed by atoms with van der Waals surface area (Å²) in [7, 11) is 3.65. The summed E-state index contributed by atoms with van der Waals surface area (Å²) in [6.07, 6.45) is 0.760. The molecular weight excluding hydrogens is 274 g/mol. The summed E-state index contributed by atoms with van der Waals surface area (Å²) in [6.45, 7) is 2.70. The highest BCUT2D eigenvalue weighted by atomic mass is 35.5. The van der Waals surface area contributed by atoms with Crippen LogP contribution in [0.2, 0.25) is 5.15 Å². The molecule has 5 heteroatoms. The van der Waals surface area contributed by atoms with E-state index in [0.29, 0.717) is 11.7 Å². The average Bonchev–Trinajstić information content (AvgIpc) is 2.47. The molecule has 0 saturated carbocycles. The Morgan fingerprint density at radius 1 is 1.25 bits per heavy atom. The highest BCUT2D eigenvalue weighted by Crippen LogP contribution is 2.22. The lowest BCUT2D eigenvalue weighted by Gasteiger charge is -2.20. The summed E-state index contributed by atoms with van der Waals surface area (Å²) < 4.78 is 5.37. The molecule has 20 heavy (non-hydrogen) atoms. The molecule has 0 N–H and O–H groups in total. The van der Waals surface area contributed by atoms with Crippen molar-refractivity contribution >= 4 is 17.4 Å². The molecule has 106 valence electrons. The molecule has 0 aliphatic heterocycles. The third kappa shape index (κ3) is 3.39. The second-order valence-electron chi connectivity index (χ2n) is 4.49. The van der Waals surface area contributed by atoms with Crippen LogP contribution in [0.1, 0.15) is 18.3 Å². The smallest absolute Gasteiger partial charge is 0.134 e. The zero-order chi connectivity index (χ0) is 14.5. The number of hydrogen-bond acceptors (Lipinski definition) is 4. The van der Waals surface area contributed by atoms with Gasteiger partial charge < -0.3 is 9.64 Å². The van der Waals surface area contributed by atoms with Crippen LogP contribution < -0.4 is 9.64 Å². The number of hydrogen-bond donors (Lipinski definition) is 0. The SMILES string of the molecule is CCc1nc(Cl)cc(N(C)Cc2ccccc2OC)n1. The number of aromatic nitrogens is 2. The van der Waals surface area contributed by atoms with E-state index in [2.05, 4.69) is 9.97 Å². The molecule has 0 spiro atoms. The molecule has 2 rings (SSSR count). The van der Waals surface area contributed by atoms with Gasteiger partial charge >= 0.3 is 0 Å². The predicted octanol–water partition coefficient (Wildman–Crippen LogP) is 3.34. The van der Waals surface area contributed by atoms with Crippen LogP contribution in [0.5, 0.6) is 5.75 Å². The Labute approximate surface area is 124 Å². The molecule has 0 unspecified atom stereocenters. The first kappa shape index (κ1) is 14.6. The number of aryl methyl sites for hydroxylation is 1. The van der Waals surface area contributed by atoms with Gasteiger partial charge in [-0.1, -0.05) is 36.7 Å². The lowest BCUT2D eigenvalue weighted by molar-refractivity contribution is 0.409. The van der Waals surface area contributed by atoms with Gasteiger partial charge in [0.1, 0.15) is 22.5 Å². The Hall–Kier alpha value is -1.81. The number of halogens is 1. The van der Waals surface area contributed by atoms with E-state index >= 15 is 0 Å². The molecule has 0 fully saturated rings. The molecule has 0 atom stereocenters. The van der Waals surface area contributed by atoms with Crippen LogP contribution in [-0.4, -0.2) is 24.1 Å². The molecule has 1 aromatic carbocycles. The number of ether oxygens (including phenoxy) is 1. The van der Waals surface area contributed by atoms with Crippen LogP contribution in [0.3, 0.4) is 0 Å². The number of anilines is 1. The normalized spacial score (nSPS) is 10.4. The van der Waals surface area contributed by atoms with Gasteiger partial charge in [-0.2, -0.15) is 0 Å². The first-order valence-electron chi connectivity index (χ1n) is 6.50. The summed E-state index contributed by atoms with van der Waals surface area (Å²) in [4.78, 5) is 10.7. The molecule has 4 nitrogen and oxygen atoms in total. The molecule has 1 aromatic heterocycles. The maximum atomic E-state index is 6.03. The first-order chi connectivity index (χ1) is 9.63. The molecule has 0 radical (unpaired) electrons. The summed E-state index contributed by atoms with van der Waals surface area (Å²) in [5.41, 5.74) is 1.10. The highest BCUT2D eigenvalue weighted by molar-refractivity contribution is 6.29. The number of para-hydroxylation sites is 1. The van der Waals surface area contributed by atoms with Gasteiger partial charge in [-0.3, -0.25) is 0 Å². The minimum atomic E-state index is 0.471. The lowest BCUT2D eigenvalue weighted by Crippen LogP contribution is -2.19. The fourth-order valence-corrected chi connectivity index (χ4v) is 2.17. The first-order valence-corrected chi connectivity index (χ1v) is 6.88. The minimum Gasteiger partial charge on any atom is -0.496 e. The predicted molar refractivity (Wildman–Crippen MR) is 81.5 cm³/mol. The number of benzene rings is 1. The van der Waals surface area contributed by atoms with Crippen molar-refractivity contribution in [2.24, 2.45) is 0 Å². The van der Waals surface area contributed by atoms with E-state index in [1.165, 1.54) is 0 Å². The zero-order valence-corrected chi connectivity index (χ0v) is 12.7. The Bertz CT molecular complexity index is 589. The number of rotatable bonds is 5. The van der Waals surface area contributed by atoms with Gasteiger partial charge in [0.25, 0.3) is 0 Å². The van der Waals surface area contributed by atoms with Gasteiger partial charge in [0, 0.05) is 31.6 Å². The number of nitrogens with zero attached hydrogens (tertiary/aromatic N) is 3. The van der Waals surface area contributed by atoms with Crippen LogP contribution in [0.25, 0.3) is 0 Å². The van der Waals surface area contributed by atoms with Crippen molar-refractivity contribution in [3.05, 3.63) is 46.9 Å². The summed E-state index contributed by atoms with van der Waals surface area (Å²) in [6, 6.07) is 9.72. The Morgan fingerprint density at radius 3 is 2.70 bits per heavy atom. The van der Waals surface area contributed by atoms with Gasteiger partial charge in [0.15, 0.2) is 0 Å². The Balaban J connectivity index is 2.23. The molecule has 1 heterocycles. The van der Waals surface area contributed by atoms with Crippen LogP contribution in [0.4, 0.5) is 5.82 Å². The molecule has 0 saturated heterocycles. The van der Waals surface area contributed by atoms with Gasteiger partial charge in [-0.05, 0) is 6.07 Å². The standard InChI is InChI=1S/C15H18ClN3O/c1-4-14-17-13(16)9-15(18-14)19(2)10-11-7-5-6-8-12(11)20-3/h5-9H,4,10H2,1-3H3. The van der Waals surface area contributed by atoms with Crippen molar-refractivity contribution in [2.75, 3.05) is 19.1 Å². The second kappa shape index (κ2) is 6.57. The zero-order valence-electron chi connectivity index (χ0n) is 11.9. The molecule has 2 aromatic rings. The van der Waals surface area contributed by atoms with Crippen molar-refractivity contribution in [3.8, 4) is 5.75 Å². The van der Waals surface area contributed by atoms with Crippen molar-refractivity contribution in [2.45, 2.75) is 19.9 Å². The van der Waals surface area contributed by atoms with E-state index in [1.807, 2.05) is 43.1 Å². The van der Waals surface area contributed by atoms with Gasteiger partial charge in [0.2, 0.25) is 0 Å². The van der Waals surface area contributed by atoms with E-state index < -0.39 is 0 Å². The van der Waals surface area contributed by atoms with E-state index in [0.717, 1.165) is 29.4 Å². The number of methoxy groups -OCH3 is 1. The third-order valence-corrected chi connectivity index (χ3v) is 3.23. The highest BCUT2D eigenvalue weighted by Gasteiger charge is 2.10. The monoisotopic (exact) mass is 291 g/mol. The van der Waals surface area contributed by atoms with Crippen LogP contribution in [-0.2, 0) is 13.0 Å². The average molecular weight is 292 g/mol. The third-order valence-electron chi connectivity index (χ3n) is 3.04. The van der Waals surface area contributed by atoms with E-state index in [4.69, 9.17) is 16.3 Å². The summed E-state index contributed by atoms with van der Waals surface area (Å²) in [5.74, 6) is 2.43. The van der Waals surface area contributed by atoms with Crippen molar-refractivity contribution in [1.82, 2.24) is 9.97 Å². The van der Waals surface area contributed by atoms with Crippen LogP contribution in [0, 0.1) is 0 Å². The van der Waals surface area contributed by atoms with Gasteiger partial charge in [-0.25, -0.2) is 9.97 Å².